The predicted molar refractivity (Wildman–Crippen MR) is 85.0 cm³/mol. The van der Waals surface area contributed by atoms with Gasteiger partial charge < -0.3 is 11.1 Å². The Morgan fingerprint density at radius 3 is 2.20 bits per heavy atom. The lowest BCUT2D eigenvalue weighted by molar-refractivity contribution is -0.138. The van der Waals surface area contributed by atoms with Crippen molar-refractivity contribution in [2.24, 2.45) is 5.73 Å². The van der Waals surface area contributed by atoms with Gasteiger partial charge in [0.1, 0.15) is 0 Å². The molecule has 1 saturated carbocycles. The molecule has 2 atom stereocenters. The monoisotopic (exact) mass is 348 g/mol. The minimum atomic E-state index is -4.42. The molecule has 0 bridgehead atoms. The summed E-state index contributed by atoms with van der Waals surface area (Å²) in [4.78, 5) is 23.2. The van der Waals surface area contributed by atoms with Crippen LogP contribution in [0.15, 0.2) is 48.5 Å². The number of benzene rings is 2. The zero-order chi connectivity index (χ0) is 18.2. The highest BCUT2D eigenvalue weighted by atomic mass is 19.4. The van der Waals surface area contributed by atoms with Crippen LogP contribution in [0.25, 0.3) is 0 Å². The summed E-state index contributed by atoms with van der Waals surface area (Å²) < 4.78 is 39.2. The number of carbonyl (C=O) groups excluding carboxylic acids is 2. The maximum absolute atomic E-state index is 13.1. The van der Waals surface area contributed by atoms with E-state index in [1.807, 2.05) is 0 Å². The Morgan fingerprint density at radius 2 is 1.60 bits per heavy atom. The molecular formula is C18H15F3N2O2. The van der Waals surface area contributed by atoms with E-state index in [2.05, 4.69) is 5.32 Å². The van der Waals surface area contributed by atoms with Crippen molar-refractivity contribution in [1.82, 2.24) is 5.32 Å². The fourth-order valence-corrected chi connectivity index (χ4v) is 2.81. The molecule has 25 heavy (non-hydrogen) atoms. The van der Waals surface area contributed by atoms with Crippen LogP contribution in [0, 0.1) is 0 Å². The van der Waals surface area contributed by atoms with Gasteiger partial charge in [-0.2, -0.15) is 13.2 Å². The molecule has 2 amide bonds. The largest absolute Gasteiger partial charge is 0.416 e. The van der Waals surface area contributed by atoms with Crippen LogP contribution in [0.5, 0.6) is 0 Å². The number of hydrogen-bond donors (Lipinski definition) is 2. The molecule has 1 aliphatic rings. The Balaban J connectivity index is 1.69. The molecule has 0 unspecified atom stereocenters. The first-order valence-corrected chi connectivity index (χ1v) is 7.64. The molecule has 7 heteroatoms. The quantitative estimate of drug-likeness (QED) is 0.891. The highest BCUT2D eigenvalue weighted by Gasteiger charge is 2.44. The van der Waals surface area contributed by atoms with Gasteiger partial charge in [0.05, 0.1) is 5.56 Å². The molecule has 1 aliphatic carbocycles. The number of halogens is 3. The molecule has 2 aromatic rings. The molecule has 0 aromatic heterocycles. The molecule has 0 radical (unpaired) electrons. The first kappa shape index (κ1) is 17.0. The van der Waals surface area contributed by atoms with Crippen molar-refractivity contribution in [3.8, 4) is 0 Å². The van der Waals surface area contributed by atoms with Crippen molar-refractivity contribution in [3.05, 3.63) is 70.8 Å². The normalized spacial score (nSPS) is 19.3. The topological polar surface area (TPSA) is 72.2 Å². The van der Waals surface area contributed by atoms with Crippen LogP contribution < -0.4 is 11.1 Å². The van der Waals surface area contributed by atoms with Gasteiger partial charge in [0.2, 0.25) is 5.91 Å². The van der Waals surface area contributed by atoms with Crippen LogP contribution in [0.3, 0.4) is 0 Å². The van der Waals surface area contributed by atoms with Crippen LogP contribution in [0.1, 0.15) is 44.2 Å². The predicted octanol–water partition coefficient (Wildman–Crippen LogP) is 3.09. The van der Waals surface area contributed by atoms with Crippen molar-refractivity contribution < 1.29 is 22.8 Å². The Bertz CT molecular complexity index is 816. The second-order valence-electron chi connectivity index (χ2n) is 5.95. The van der Waals surface area contributed by atoms with Gasteiger partial charge in [-0.15, -0.1) is 0 Å². The molecule has 0 aliphatic heterocycles. The zero-order valence-corrected chi connectivity index (χ0v) is 13.0. The number of amides is 2. The SMILES string of the molecule is NC(=O)c1ccc(C(=O)N[C@H]2C[C@@H]2c2ccccc2C(F)(F)F)cc1. The molecule has 0 spiro atoms. The average Bonchev–Trinajstić information content (AvgIpc) is 3.33. The molecule has 3 N–H and O–H groups in total. The first-order chi connectivity index (χ1) is 11.8. The summed E-state index contributed by atoms with van der Waals surface area (Å²) in [6, 6.07) is 10.8. The van der Waals surface area contributed by atoms with Crippen molar-refractivity contribution >= 4 is 11.8 Å². The lowest BCUT2D eigenvalue weighted by Gasteiger charge is -2.12. The average molecular weight is 348 g/mol. The number of carbonyl (C=O) groups is 2. The van der Waals surface area contributed by atoms with Crippen molar-refractivity contribution in [2.75, 3.05) is 0 Å². The Hall–Kier alpha value is -2.83. The molecule has 0 heterocycles. The van der Waals surface area contributed by atoms with E-state index < -0.39 is 23.6 Å². The Morgan fingerprint density at radius 1 is 1.00 bits per heavy atom. The number of nitrogens with one attached hydrogen (secondary N) is 1. The van der Waals surface area contributed by atoms with Crippen molar-refractivity contribution in [1.29, 1.82) is 0 Å². The third kappa shape index (κ3) is 3.65. The van der Waals surface area contributed by atoms with E-state index in [1.54, 1.807) is 6.07 Å². The molecule has 130 valence electrons. The fourth-order valence-electron chi connectivity index (χ4n) is 2.81. The number of alkyl halides is 3. The summed E-state index contributed by atoms with van der Waals surface area (Å²) in [6.07, 6.45) is -3.96. The third-order valence-corrected chi connectivity index (χ3v) is 4.20. The minimum Gasteiger partial charge on any atom is -0.366 e. The van der Waals surface area contributed by atoms with Gasteiger partial charge in [-0.05, 0) is 42.3 Å². The summed E-state index contributed by atoms with van der Waals surface area (Å²) in [5.74, 6) is -1.35. The van der Waals surface area contributed by atoms with E-state index in [4.69, 9.17) is 5.73 Å². The maximum Gasteiger partial charge on any atom is 0.416 e. The summed E-state index contributed by atoms with van der Waals surface area (Å²) in [5, 5.41) is 2.72. The molecule has 2 aromatic carbocycles. The summed E-state index contributed by atoms with van der Waals surface area (Å²) >= 11 is 0. The summed E-state index contributed by atoms with van der Waals surface area (Å²) in [6.45, 7) is 0. The van der Waals surface area contributed by atoms with Crippen molar-refractivity contribution in [2.45, 2.75) is 24.6 Å². The first-order valence-electron chi connectivity index (χ1n) is 7.64. The van der Waals surface area contributed by atoms with Gasteiger partial charge in [0.25, 0.3) is 5.91 Å². The van der Waals surface area contributed by atoms with E-state index in [0.717, 1.165) is 6.07 Å². The number of nitrogens with two attached hydrogens (primary N) is 1. The van der Waals surface area contributed by atoms with Gasteiger partial charge in [0.15, 0.2) is 0 Å². The zero-order valence-electron chi connectivity index (χ0n) is 13.0. The standard InChI is InChI=1S/C18H15F3N2O2/c19-18(20,21)14-4-2-1-3-12(14)13-9-15(13)23-17(25)11-7-5-10(6-8-11)16(22)24/h1-8,13,15H,9H2,(H2,22,24)(H,23,25)/t13-,15+/m1/s1. The maximum atomic E-state index is 13.1. The van der Waals surface area contributed by atoms with E-state index in [1.165, 1.54) is 36.4 Å². The van der Waals surface area contributed by atoms with E-state index in [-0.39, 0.29) is 23.1 Å². The second-order valence-corrected chi connectivity index (χ2v) is 5.95. The minimum absolute atomic E-state index is 0.198. The van der Waals surface area contributed by atoms with Gasteiger partial charge >= 0.3 is 6.18 Å². The Labute approximate surface area is 141 Å². The Kier molecular flexibility index (Phi) is 4.24. The summed E-state index contributed by atoms with van der Waals surface area (Å²) in [5.41, 5.74) is 5.26. The number of hydrogen-bond acceptors (Lipinski definition) is 2. The van der Waals surface area contributed by atoms with Crippen LogP contribution in [-0.4, -0.2) is 17.9 Å². The lowest BCUT2D eigenvalue weighted by atomic mass is 10.0. The smallest absolute Gasteiger partial charge is 0.366 e. The molecular weight excluding hydrogens is 333 g/mol. The van der Waals surface area contributed by atoms with Crippen molar-refractivity contribution in [3.63, 3.8) is 0 Å². The van der Waals surface area contributed by atoms with Crippen LogP contribution >= 0.6 is 0 Å². The third-order valence-electron chi connectivity index (χ3n) is 4.20. The van der Waals surface area contributed by atoms with Gasteiger partial charge in [0, 0.05) is 23.1 Å². The number of primary amides is 1. The van der Waals surface area contributed by atoms with E-state index in [0.29, 0.717) is 12.0 Å². The van der Waals surface area contributed by atoms with E-state index >= 15 is 0 Å². The van der Waals surface area contributed by atoms with E-state index in [9.17, 15) is 22.8 Å². The molecule has 0 saturated heterocycles. The number of rotatable bonds is 4. The second kappa shape index (κ2) is 6.23. The van der Waals surface area contributed by atoms with Gasteiger partial charge in [-0.3, -0.25) is 9.59 Å². The molecule has 1 fully saturated rings. The molecule has 4 nitrogen and oxygen atoms in total. The highest BCUT2D eigenvalue weighted by Crippen LogP contribution is 2.46. The van der Waals surface area contributed by atoms with Crippen LogP contribution in [0.4, 0.5) is 13.2 Å². The lowest BCUT2D eigenvalue weighted by Crippen LogP contribution is -2.27. The van der Waals surface area contributed by atoms with Crippen LogP contribution in [-0.2, 0) is 6.18 Å². The van der Waals surface area contributed by atoms with Gasteiger partial charge in [-0.25, -0.2) is 0 Å². The highest BCUT2D eigenvalue weighted by molar-refractivity contribution is 5.97. The summed E-state index contributed by atoms with van der Waals surface area (Å²) in [7, 11) is 0. The van der Waals surface area contributed by atoms with Gasteiger partial charge in [-0.1, -0.05) is 18.2 Å². The molecule has 3 rings (SSSR count). The fraction of sp³-hybridized carbons (Fsp3) is 0.222. The van der Waals surface area contributed by atoms with Crippen LogP contribution in [0.2, 0.25) is 0 Å².